The first-order valence-electron chi connectivity index (χ1n) is 10.1. The van der Waals surface area contributed by atoms with Gasteiger partial charge in [0, 0.05) is 29.0 Å². The van der Waals surface area contributed by atoms with Gasteiger partial charge < -0.3 is 5.32 Å². The Bertz CT molecular complexity index is 1580. The van der Waals surface area contributed by atoms with Crippen LogP contribution in [0.1, 0.15) is 15.9 Å². The number of hydrogen-bond acceptors (Lipinski definition) is 7. The molecule has 0 radical (unpaired) electrons. The fraction of sp³-hybridized carbons (Fsp3) is 0.0435. The maximum atomic E-state index is 12.9. The highest BCUT2D eigenvalue weighted by atomic mass is 32.2. The zero-order valence-electron chi connectivity index (χ0n) is 17.8. The number of aromatic nitrogens is 4. The second-order valence-corrected chi connectivity index (χ2v) is 9.99. The SMILES string of the molecule is Cc1ccc(-c2ccnc3c(C(=O)Nc4ccc(S(=O)(=O)Nc5nccs5)cc4)cnn23)cc1. The van der Waals surface area contributed by atoms with Crippen molar-refractivity contribution in [2.75, 3.05) is 10.0 Å². The molecule has 0 unspecified atom stereocenters. The van der Waals surface area contributed by atoms with Crippen LogP contribution in [0.2, 0.25) is 0 Å². The molecule has 0 saturated heterocycles. The van der Waals surface area contributed by atoms with Gasteiger partial charge in [-0.3, -0.25) is 9.52 Å². The van der Waals surface area contributed by atoms with Gasteiger partial charge >= 0.3 is 0 Å². The number of anilines is 2. The van der Waals surface area contributed by atoms with E-state index in [0.717, 1.165) is 16.8 Å². The van der Waals surface area contributed by atoms with Gasteiger partial charge in [-0.2, -0.15) is 5.10 Å². The van der Waals surface area contributed by atoms with Crippen molar-refractivity contribution in [2.24, 2.45) is 0 Å². The quantitative estimate of drug-likeness (QED) is 0.368. The van der Waals surface area contributed by atoms with Gasteiger partial charge in [0.15, 0.2) is 10.8 Å². The Morgan fingerprint density at radius 1 is 0.971 bits per heavy atom. The lowest BCUT2D eigenvalue weighted by molar-refractivity contribution is 0.102. The normalized spacial score (nSPS) is 11.4. The van der Waals surface area contributed by atoms with Crippen molar-refractivity contribution in [3.05, 3.63) is 89.7 Å². The van der Waals surface area contributed by atoms with E-state index in [-0.39, 0.29) is 10.0 Å². The van der Waals surface area contributed by atoms with Gasteiger partial charge in [-0.15, -0.1) is 11.3 Å². The van der Waals surface area contributed by atoms with Crippen LogP contribution in [0.25, 0.3) is 16.9 Å². The summed E-state index contributed by atoms with van der Waals surface area (Å²) in [6, 6.07) is 15.7. The van der Waals surface area contributed by atoms with Gasteiger partial charge in [0.05, 0.1) is 16.8 Å². The van der Waals surface area contributed by atoms with Gasteiger partial charge in [0.25, 0.3) is 15.9 Å². The van der Waals surface area contributed by atoms with E-state index in [9.17, 15) is 13.2 Å². The summed E-state index contributed by atoms with van der Waals surface area (Å²) >= 11 is 1.18. The monoisotopic (exact) mass is 490 g/mol. The fourth-order valence-electron chi connectivity index (χ4n) is 3.36. The minimum Gasteiger partial charge on any atom is -0.322 e. The molecule has 170 valence electrons. The predicted molar refractivity (Wildman–Crippen MR) is 130 cm³/mol. The molecule has 0 aliphatic heterocycles. The lowest BCUT2D eigenvalue weighted by Crippen LogP contribution is -2.14. The van der Waals surface area contributed by atoms with Gasteiger partial charge in [0.2, 0.25) is 0 Å². The number of carbonyl (C=O) groups is 1. The average molecular weight is 491 g/mol. The summed E-state index contributed by atoms with van der Waals surface area (Å²) in [6.07, 6.45) is 4.62. The van der Waals surface area contributed by atoms with Crippen molar-refractivity contribution >= 4 is 43.7 Å². The second kappa shape index (κ2) is 8.69. The van der Waals surface area contributed by atoms with Crippen molar-refractivity contribution < 1.29 is 13.2 Å². The Morgan fingerprint density at radius 2 is 1.74 bits per heavy atom. The molecular formula is C23H18N6O3S2. The molecular weight excluding hydrogens is 472 g/mol. The first-order valence-corrected chi connectivity index (χ1v) is 12.5. The minimum absolute atomic E-state index is 0.0566. The Kier molecular flexibility index (Phi) is 5.56. The van der Waals surface area contributed by atoms with Crippen molar-refractivity contribution in [2.45, 2.75) is 11.8 Å². The summed E-state index contributed by atoms with van der Waals surface area (Å²) in [5.74, 6) is -0.403. The van der Waals surface area contributed by atoms with Crippen molar-refractivity contribution in [1.29, 1.82) is 0 Å². The Morgan fingerprint density at radius 3 is 2.44 bits per heavy atom. The maximum absolute atomic E-state index is 12.9. The zero-order chi connectivity index (χ0) is 23.7. The van der Waals surface area contributed by atoms with E-state index in [0.29, 0.717) is 16.9 Å². The van der Waals surface area contributed by atoms with Crippen LogP contribution in [0.15, 0.2) is 83.5 Å². The summed E-state index contributed by atoms with van der Waals surface area (Å²) in [7, 11) is -3.77. The highest BCUT2D eigenvalue weighted by Crippen LogP contribution is 2.23. The van der Waals surface area contributed by atoms with Crippen molar-refractivity contribution in [1.82, 2.24) is 19.6 Å². The highest BCUT2D eigenvalue weighted by molar-refractivity contribution is 7.93. The van der Waals surface area contributed by atoms with Crippen LogP contribution in [-0.4, -0.2) is 33.9 Å². The van der Waals surface area contributed by atoms with Crippen LogP contribution >= 0.6 is 11.3 Å². The third kappa shape index (κ3) is 4.26. The number of nitrogens with one attached hydrogen (secondary N) is 2. The van der Waals surface area contributed by atoms with Gasteiger partial charge in [0.1, 0.15) is 5.56 Å². The topological polar surface area (TPSA) is 118 Å². The molecule has 2 N–H and O–H groups in total. The lowest BCUT2D eigenvalue weighted by Gasteiger charge is -2.08. The Hall–Kier alpha value is -4.09. The van der Waals surface area contributed by atoms with Crippen LogP contribution < -0.4 is 10.0 Å². The number of benzene rings is 2. The summed E-state index contributed by atoms with van der Waals surface area (Å²) in [5.41, 5.74) is 4.07. The average Bonchev–Trinajstić information content (AvgIpc) is 3.49. The number of aryl methyl sites for hydroxylation is 1. The third-order valence-electron chi connectivity index (χ3n) is 5.07. The number of fused-ring (bicyclic) bond motifs is 1. The molecule has 0 saturated carbocycles. The predicted octanol–water partition coefficient (Wildman–Crippen LogP) is 4.21. The van der Waals surface area contributed by atoms with Crippen molar-refractivity contribution in [3.8, 4) is 11.3 Å². The van der Waals surface area contributed by atoms with Crippen LogP contribution in [0.3, 0.4) is 0 Å². The molecule has 5 rings (SSSR count). The van der Waals surface area contributed by atoms with Crippen LogP contribution in [0.5, 0.6) is 0 Å². The molecule has 0 fully saturated rings. The first kappa shape index (κ1) is 21.7. The molecule has 34 heavy (non-hydrogen) atoms. The molecule has 0 aliphatic rings. The molecule has 9 nitrogen and oxygen atoms in total. The van der Waals surface area contributed by atoms with E-state index in [1.807, 2.05) is 37.3 Å². The molecule has 11 heteroatoms. The number of rotatable bonds is 6. The zero-order valence-corrected chi connectivity index (χ0v) is 19.5. The molecule has 3 aromatic heterocycles. The largest absolute Gasteiger partial charge is 0.322 e. The number of sulfonamides is 1. The Labute approximate surface area is 199 Å². The smallest absolute Gasteiger partial charge is 0.263 e. The van der Waals surface area contributed by atoms with Gasteiger partial charge in [-0.05, 0) is 37.3 Å². The molecule has 1 amide bonds. The van der Waals surface area contributed by atoms with E-state index in [1.54, 1.807) is 16.1 Å². The highest BCUT2D eigenvalue weighted by Gasteiger charge is 2.18. The maximum Gasteiger partial charge on any atom is 0.263 e. The van der Waals surface area contributed by atoms with Crippen LogP contribution in [0.4, 0.5) is 10.8 Å². The van der Waals surface area contributed by atoms with E-state index >= 15 is 0 Å². The molecule has 0 spiro atoms. The minimum atomic E-state index is -3.77. The van der Waals surface area contributed by atoms with Gasteiger partial charge in [-0.25, -0.2) is 22.9 Å². The number of hydrogen-bond donors (Lipinski definition) is 2. The Balaban J connectivity index is 1.37. The van der Waals surface area contributed by atoms with E-state index in [1.165, 1.54) is 48.0 Å². The van der Waals surface area contributed by atoms with Crippen LogP contribution in [-0.2, 0) is 10.0 Å². The molecule has 0 bridgehead atoms. The first-order chi connectivity index (χ1) is 16.4. The summed E-state index contributed by atoms with van der Waals surface area (Å²) in [4.78, 5) is 21.3. The number of carbonyl (C=O) groups excluding carboxylic acids is 1. The lowest BCUT2D eigenvalue weighted by atomic mass is 10.1. The standard InChI is InChI=1S/C23H18N6O3S2/c1-15-2-4-16(5-3-15)20-10-11-24-21-19(14-26-29(20)21)22(30)27-17-6-8-18(9-7-17)34(31,32)28-23-25-12-13-33-23/h2-14H,1H3,(H,25,28)(H,27,30). The third-order valence-corrected chi connectivity index (χ3v) is 7.24. The van der Waals surface area contributed by atoms with E-state index in [4.69, 9.17) is 0 Å². The molecule has 0 aliphatic carbocycles. The molecule has 5 aromatic rings. The fourth-order valence-corrected chi connectivity index (χ4v) is 5.15. The number of amides is 1. The summed E-state index contributed by atoms with van der Waals surface area (Å²) in [6.45, 7) is 2.02. The van der Waals surface area contributed by atoms with Crippen LogP contribution in [0, 0.1) is 6.92 Å². The molecule has 2 aromatic carbocycles. The second-order valence-electron chi connectivity index (χ2n) is 7.41. The number of thiazole rings is 1. The number of nitrogens with zero attached hydrogens (tertiary/aromatic N) is 4. The van der Waals surface area contributed by atoms with E-state index < -0.39 is 15.9 Å². The summed E-state index contributed by atoms with van der Waals surface area (Å²) < 4.78 is 29.0. The summed E-state index contributed by atoms with van der Waals surface area (Å²) in [5, 5.41) is 9.09. The van der Waals surface area contributed by atoms with E-state index in [2.05, 4.69) is 25.1 Å². The molecule has 0 atom stereocenters. The molecule has 3 heterocycles. The van der Waals surface area contributed by atoms with Gasteiger partial charge in [-0.1, -0.05) is 29.8 Å². The van der Waals surface area contributed by atoms with Crippen molar-refractivity contribution in [3.63, 3.8) is 0 Å².